The summed E-state index contributed by atoms with van der Waals surface area (Å²) in [7, 11) is -5.09. The molecule has 0 amide bonds. The lowest BCUT2D eigenvalue weighted by atomic mass is 10.1. The molecule has 0 aliphatic rings. The van der Waals surface area contributed by atoms with Gasteiger partial charge in [0.05, 0.1) is 10.5 Å². The molecular weight excluding hydrogens is 268 g/mol. The second kappa shape index (κ2) is 4.40. The Morgan fingerprint density at radius 3 is 2.33 bits per heavy atom. The smallest absolute Gasteiger partial charge is 0.337 e. The van der Waals surface area contributed by atoms with Crippen LogP contribution in [0.15, 0.2) is 17.0 Å². The highest BCUT2D eigenvalue weighted by Crippen LogP contribution is 2.28. The van der Waals surface area contributed by atoms with E-state index < -0.39 is 42.7 Å². The van der Waals surface area contributed by atoms with Gasteiger partial charge in [0.15, 0.2) is 5.56 Å². The van der Waals surface area contributed by atoms with Crippen LogP contribution in [0.25, 0.3) is 0 Å². The van der Waals surface area contributed by atoms with Crippen LogP contribution in [-0.4, -0.2) is 29.0 Å². The van der Waals surface area contributed by atoms with Crippen molar-refractivity contribution < 1.29 is 27.8 Å². The summed E-state index contributed by atoms with van der Waals surface area (Å²) in [5.74, 6) is -1.74. The Kier molecular flexibility index (Phi) is 3.31. The highest BCUT2D eigenvalue weighted by molar-refractivity contribution is 7.86. The predicted octanol–water partition coefficient (Wildman–Crippen LogP) is 0.411. The van der Waals surface area contributed by atoms with E-state index in [4.69, 9.17) is 14.9 Å². The number of aromatic carboxylic acids is 1. The molecule has 9 nitrogen and oxygen atoms in total. The maximum Gasteiger partial charge on any atom is 0.337 e. The molecule has 0 saturated carbocycles. The van der Waals surface area contributed by atoms with Crippen LogP contribution < -0.4 is 0 Å². The summed E-state index contributed by atoms with van der Waals surface area (Å²) >= 11 is 0. The van der Waals surface area contributed by atoms with Gasteiger partial charge >= 0.3 is 5.97 Å². The molecule has 10 heteroatoms. The standard InChI is InChI=1S/C8H4N2O7S/c9-3-5-6(10(13)14)2-1-4(8(11)12)7(5)18(15,16)17/h1-2H,(H,11,12)(H,15,16,17). The first kappa shape index (κ1) is 13.6. The number of carbonyl (C=O) groups is 1. The van der Waals surface area contributed by atoms with Crippen LogP contribution in [0, 0.1) is 21.4 Å². The molecule has 18 heavy (non-hydrogen) atoms. The number of benzene rings is 1. The molecule has 1 rings (SSSR count). The van der Waals surface area contributed by atoms with Crippen molar-refractivity contribution in [2.24, 2.45) is 0 Å². The van der Waals surface area contributed by atoms with E-state index in [1.807, 2.05) is 0 Å². The van der Waals surface area contributed by atoms with Crippen molar-refractivity contribution in [3.05, 3.63) is 33.4 Å². The highest BCUT2D eigenvalue weighted by Gasteiger charge is 2.30. The minimum absolute atomic E-state index is 0.629. The first-order valence-electron chi connectivity index (χ1n) is 4.12. The van der Waals surface area contributed by atoms with Crippen molar-refractivity contribution in [2.75, 3.05) is 0 Å². The van der Waals surface area contributed by atoms with Crippen LogP contribution in [0.2, 0.25) is 0 Å². The van der Waals surface area contributed by atoms with E-state index in [0.29, 0.717) is 12.1 Å². The van der Waals surface area contributed by atoms with Gasteiger partial charge in [-0.05, 0) is 6.07 Å². The Hall–Kier alpha value is -2.51. The van der Waals surface area contributed by atoms with Crippen LogP contribution in [0.4, 0.5) is 5.69 Å². The lowest BCUT2D eigenvalue weighted by molar-refractivity contribution is -0.385. The summed E-state index contributed by atoms with van der Waals surface area (Å²) < 4.78 is 30.9. The van der Waals surface area contributed by atoms with Crippen molar-refractivity contribution in [2.45, 2.75) is 4.90 Å². The Morgan fingerprint density at radius 1 is 1.44 bits per heavy atom. The van der Waals surface area contributed by atoms with Gasteiger partial charge in [0.2, 0.25) is 0 Å². The zero-order chi connectivity index (χ0) is 14.1. The molecule has 0 spiro atoms. The molecule has 0 bridgehead atoms. The summed E-state index contributed by atoms with van der Waals surface area (Å²) in [4.78, 5) is 19.0. The van der Waals surface area contributed by atoms with Gasteiger partial charge in [0, 0.05) is 6.07 Å². The number of hydrogen-bond acceptors (Lipinski definition) is 6. The van der Waals surface area contributed by atoms with E-state index >= 15 is 0 Å². The van der Waals surface area contributed by atoms with Crippen LogP contribution in [0.5, 0.6) is 0 Å². The third kappa shape index (κ3) is 2.26. The molecule has 94 valence electrons. The van der Waals surface area contributed by atoms with Gasteiger partial charge in [-0.3, -0.25) is 14.7 Å². The lowest BCUT2D eigenvalue weighted by Crippen LogP contribution is -2.12. The van der Waals surface area contributed by atoms with Gasteiger partial charge < -0.3 is 5.11 Å². The SMILES string of the molecule is N#Cc1c([N+](=O)[O-])ccc(C(=O)O)c1S(=O)(=O)O. The first-order chi connectivity index (χ1) is 8.20. The predicted molar refractivity (Wildman–Crippen MR) is 54.6 cm³/mol. The van der Waals surface area contributed by atoms with Crippen molar-refractivity contribution in [1.82, 2.24) is 0 Å². The van der Waals surface area contributed by atoms with Crippen molar-refractivity contribution in [3.8, 4) is 6.07 Å². The van der Waals surface area contributed by atoms with E-state index in [-0.39, 0.29) is 0 Å². The average Bonchev–Trinajstić information content (AvgIpc) is 2.25. The fourth-order valence-electron chi connectivity index (χ4n) is 1.27. The van der Waals surface area contributed by atoms with Crippen LogP contribution in [0.1, 0.15) is 15.9 Å². The van der Waals surface area contributed by atoms with Gasteiger partial charge in [-0.2, -0.15) is 13.7 Å². The second-order valence-electron chi connectivity index (χ2n) is 2.99. The fraction of sp³-hybridized carbons (Fsp3) is 0. The first-order valence-corrected chi connectivity index (χ1v) is 5.56. The quantitative estimate of drug-likeness (QED) is 0.454. The molecule has 0 fully saturated rings. The summed E-state index contributed by atoms with van der Waals surface area (Å²) in [6, 6.07) is 2.51. The van der Waals surface area contributed by atoms with E-state index in [2.05, 4.69) is 0 Å². The minimum atomic E-state index is -5.09. The molecule has 1 aromatic rings. The van der Waals surface area contributed by atoms with Crippen LogP contribution in [0.3, 0.4) is 0 Å². The molecule has 0 aromatic heterocycles. The maximum absolute atomic E-state index is 11.0. The van der Waals surface area contributed by atoms with Gasteiger partial charge in [0.1, 0.15) is 11.0 Å². The third-order valence-electron chi connectivity index (χ3n) is 1.93. The number of carboxylic acids is 1. The van der Waals surface area contributed by atoms with E-state index in [0.717, 1.165) is 0 Å². The van der Waals surface area contributed by atoms with Crippen LogP contribution in [-0.2, 0) is 10.1 Å². The summed E-state index contributed by atoms with van der Waals surface area (Å²) in [6.07, 6.45) is 0. The molecule has 0 unspecified atom stereocenters. The monoisotopic (exact) mass is 272 g/mol. The van der Waals surface area contributed by atoms with Crippen molar-refractivity contribution >= 4 is 21.8 Å². The number of nitro benzene ring substituents is 1. The summed E-state index contributed by atoms with van der Waals surface area (Å²) in [5, 5.41) is 28.0. The Morgan fingerprint density at radius 2 is 2.00 bits per heavy atom. The molecule has 0 saturated heterocycles. The summed E-state index contributed by atoms with van der Waals surface area (Å²) in [6.45, 7) is 0. The number of nitriles is 1. The van der Waals surface area contributed by atoms with Crippen molar-refractivity contribution in [3.63, 3.8) is 0 Å². The Balaban J connectivity index is 3.93. The molecule has 0 radical (unpaired) electrons. The number of rotatable bonds is 3. The zero-order valence-corrected chi connectivity index (χ0v) is 9.21. The fourth-order valence-corrected chi connectivity index (χ4v) is 2.11. The Bertz CT molecular complexity index is 686. The molecule has 0 aliphatic heterocycles. The van der Waals surface area contributed by atoms with Gasteiger partial charge in [-0.25, -0.2) is 4.79 Å². The molecule has 0 aliphatic carbocycles. The maximum atomic E-state index is 11.0. The van der Waals surface area contributed by atoms with E-state index in [1.165, 1.54) is 6.07 Å². The van der Waals surface area contributed by atoms with Crippen molar-refractivity contribution in [1.29, 1.82) is 5.26 Å². The highest BCUT2D eigenvalue weighted by atomic mass is 32.2. The molecule has 1 aromatic carbocycles. The minimum Gasteiger partial charge on any atom is -0.478 e. The second-order valence-corrected chi connectivity index (χ2v) is 4.34. The lowest BCUT2D eigenvalue weighted by Gasteiger charge is -2.05. The Labute approximate surface area is 99.8 Å². The molecule has 0 heterocycles. The number of carboxylic acid groups (broad SMARTS) is 1. The molecule has 0 atom stereocenters. The van der Waals surface area contributed by atoms with Crippen LogP contribution >= 0.6 is 0 Å². The molecular formula is C8H4N2O7S. The number of hydrogen-bond donors (Lipinski definition) is 2. The third-order valence-corrected chi connectivity index (χ3v) is 2.87. The van der Waals surface area contributed by atoms with Gasteiger partial charge in [0.25, 0.3) is 15.8 Å². The van der Waals surface area contributed by atoms with Gasteiger partial charge in [-0.1, -0.05) is 0 Å². The summed E-state index contributed by atoms with van der Waals surface area (Å²) in [5.41, 5.74) is -2.85. The largest absolute Gasteiger partial charge is 0.478 e. The normalized spacial score (nSPS) is 10.7. The molecule has 2 N–H and O–H groups in total. The zero-order valence-electron chi connectivity index (χ0n) is 8.39. The van der Waals surface area contributed by atoms with Gasteiger partial charge in [-0.15, -0.1) is 0 Å². The van der Waals surface area contributed by atoms with E-state index in [9.17, 15) is 23.3 Å². The average molecular weight is 272 g/mol. The number of nitrogens with zero attached hydrogens (tertiary/aromatic N) is 2. The number of nitro groups is 1. The van der Waals surface area contributed by atoms with E-state index in [1.54, 1.807) is 0 Å². The topological polar surface area (TPSA) is 159 Å².